The van der Waals surface area contributed by atoms with Gasteiger partial charge in [-0.1, -0.05) is 81.0 Å². The van der Waals surface area contributed by atoms with Gasteiger partial charge in [-0.05, 0) is 75.5 Å². The minimum Gasteiger partial charge on any atom is -0.490 e. The van der Waals surface area contributed by atoms with E-state index < -0.39 is 59.6 Å². The molecule has 4 unspecified atom stereocenters. The second kappa shape index (κ2) is 31.1. The number of nitrogens with one attached hydrogen (secondary N) is 7. The molecule has 0 radical (unpaired) electrons. The molecule has 1 aromatic rings. The summed E-state index contributed by atoms with van der Waals surface area (Å²) in [7, 11) is 3.10. The fourth-order valence-electron chi connectivity index (χ4n) is 6.12. The van der Waals surface area contributed by atoms with Crippen LogP contribution in [0, 0.1) is 5.41 Å². The number of allylic oxidation sites excluding steroid dienone is 5. The molecule has 19 heteroatoms. The number of hydrogen-bond donors (Lipinski definition) is 8. The molecule has 1 aliphatic heterocycles. The third-order valence-electron chi connectivity index (χ3n) is 9.86. The van der Waals surface area contributed by atoms with E-state index in [1.54, 1.807) is 55.6 Å². The predicted molar refractivity (Wildman–Crippen MR) is 255 cm³/mol. The molecule has 0 aliphatic carbocycles. The van der Waals surface area contributed by atoms with E-state index in [4.69, 9.17) is 24.7 Å². The summed E-state index contributed by atoms with van der Waals surface area (Å²) in [6, 6.07) is 4.91. The number of carbonyl (C=O) groups excluding carboxylic acids is 7. The highest BCUT2D eigenvalue weighted by Crippen LogP contribution is 2.20. The second-order valence-corrected chi connectivity index (χ2v) is 16.5. The number of ether oxygens (including phenoxy) is 4. The van der Waals surface area contributed by atoms with Crippen LogP contribution in [-0.2, 0) is 44.7 Å². The molecule has 1 aromatic carbocycles. The number of rotatable bonds is 27. The highest BCUT2D eigenvalue weighted by atomic mass is 16.6. The van der Waals surface area contributed by atoms with E-state index in [-0.39, 0.29) is 37.5 Å². The lowest BCUT2D eigenvalue weighted by molar-refractivity contribution is -0.149. The van der Waals surface area contributed by atoms with E-state index in [1.807, 2.05) is 58.9 Å². The number of amides is 7. The molecule has 67 heavy (non-hydrogen) atoms. The fraction of sp³-hybridized carbons (Fsp3) is 0.479. The first kappa shape index (κ1) is 56.2. The number of urea groups is 1. The average molecular weight is 935 g/mol. The molecule has 19 nitrogen and oxygen atoms in total. The van der Waals surface area contributed by atoms with Crippen LogP contribution in [0.4, 0.5) is 20.1 Å². The van der Waals surface area contributed by atoms with E-state index in [0.717, 1.165) is 5.57 Å². The van der Waals surface area contributed by atoms with Gasteiger partial charge in [0.15, 0.2) is 5.76 Å². The SMILES string of the molecule is C/C=C\CC(C/C=C\NC(=O)C(NC(=O)\C=C/C=C\C(C)=C\CC1CC=C(OC)C(=O)O1)C(C)(C)C)OC(=O)NCCCNC(=O)OCc1ccc(NC(=O)C(CCCNC(N)=O)NC)cc1. The number of anilines is 1. The number of carbonyl (C=O) groups is 7. The number of nitrogens with two attached hydrogens (primary N) is 1. The van der Waals surface area contributed by atoms with E-state index >= 15 is 0 Å². The van der Waals surface area contributed by atoms with Crippen LogP contribution in [0.1, 0.15) is 85.1 Å². The number of esters is 1. The molecule has 0 spiro atoms. The van der Waals surface area contributed by atoms with Crippen molar-refractivity contribution in [3.63, 3.8) is 0 Å². The van der Waals surface area contributed by atoms with Gasteiger partial charge >= 0.3 is 24.2 Å². The Morgan fingerprint density at radius 2 is 1.58 bits per heavy atom. The minimum atomic E-state index is -0.863. The van der Waals surface area contributed by atoms with Crippen LogP contribution in [0.5, 0.6) is 0 Å². The van der Waals surface area contributed by atoms with Gasteiger partial charge in [0.2, 0.25) is 17.7 Å². The molecular formula is C48H70N8O11. The van der Waals surface area contributed by atoms with Gasteiger partial charge in [-0.25, -0.2) is 19.2 Å². The summed E-state index contributed by atoms with van der Waals surface area (Å²) in [5, 5.41) is 19.1. The third-order valence-corrected chi connectivity index (χ3v) is 9.86. The lowest BCUT2D eigenvalue weighted by Crippen LogP contribution is -2.52. The zero-order valence-electron chi connectivity index (χ0n) is 39.7. The van der Waals surface area contributed by atoms with Crippen LogP contribution in [0.25, 0.3) is 0 Å². The molecule has 1 aliphatic rings. The Morgan fingerprint density at radius 3 is 2.22 bits per heavy atom. The van der Waals surface area contributed by atoms with Crippen LogP contribution in [0.2, 0.25) is 0 Å². The standard InChI is InChI=1S/C48H70N8O11/c1-8-9-16-36(17-12-28-51-43(59)41(48(3,4)5)56-40(57)19-11-10-15-33(2)20-25-37-26-27-39(64-7)44(60)66-37)67-47(63)54-31-14-30-53-46(62)65-32-34-21-23-35(24-22-34)55-42(58)38(50-6)18-13-29-52-45(49)61/h8-12,15,19-24,27-28,36-38,41,50H,13-14,16-18,25-26,29-32H2,1-7H3,(H,51,59)(H,53,62)(H,54,63)(H,55,58)(H,56,57)(H3,49,52,61)/b9-8-,15-10-,19-11-,28-12-,33-20+. The first-order valence-electron chi connectivity index (χ1n) is 22.2. The van der Waals surface area contributed by atoms with E-state index in [1.165, 1.54) is 19.4 Å². The minimum absolute atomic E-state index is 0.00567. The monoisotopic (exact) mass is 935 g/mol. The van der Waals surface area contributed by atoms with Gasteiger partial charge < -0.3 is 61.9 Å². The molecule has 0 saturated carbocycles. The van der Waals surface area contributed by atoms with Gasteiger partial charge in [0.1, 0.15) is 24.9 Å². The predicted octanol–water partition coefficient (Wildman–Crippen LogP) is 5.18. The Bertz CT molecular complexity index is 1970. The molecule has 4 atom stereocenters. The average Bonchev–Trinajstić information content (AvgIpc) is 3.28. The first-order valence-corrected chi connectivity index (χ1v) is 22.2. The Hall–Kier alpha value is -6.89. The zero-order valence-corrected chi connectivity index (χ0v) is 39.7. The number of alkyl carbamates (subject to hydrolysis) is 2. The molecule has 0 saturated heterocycles. The highest BCUT2D eigenvalue weighted by molar-refractivity contribution is 5.95. The maximum Gasteiger partial charge on any atom is 0.407 e. The van der Waals surface area contributed by atoms with Crippen molar-refractivity contribution in [2.45, 2.75) is 110 Å². The molecule has 9 N–H and O–H groups in total. The molecule has 2 rings (SSSR count). The van der Waals surface area contributed by atoms with Gasteiger partial charge in [-0.15, -0.1) is 0 Å². The summed E-state index contributed by atoms with van der Waals surface area (Å²) < 4.78 is 21.2. The normalized spacial score (nSPS) is 15.6. The van der Waals surface area contributed by atoms with Crippen LogP contribution in [0.15, 0.2) is 96.5 Å². The van der Waals surface area contributed by atoms with Crippen molar-refractivity contribution in [3.8, 4) is 0 Å². The number of likely N-dealkylation sites (N-methyl/N-ethyl adjacent to an activating group) is 1. The van der Waals surface area contributed by atoms with Crippen molar-refractivity contribution in [2.24, 2.45) is 11.1 Å². The number of benzene rings is 1. The molecule has 0 fully saturated rings. The van der Waals surface area contributed by atoms with Gasteiger partial charge in [-0.2, -0.15) is 0 Å². The van der Waals surface area contributed by atoms with Crippen LogP contribution in [-0.4, -0.2) is 100.0 Å². The first-order chi connectivity index (χ1) is 31.9. The van der Waals surface area contributed by atoms with Crippen molar-refractivity contribution in [1.29, 1.82) is 0 Å². The highest BCUT2D eigenvalue weighted by Gasteiger charge is 2.32. The van der Waals surface area contributed by atoms with E-state index in [0.29, 0.717) is 62.7 Å². The van der Waals surface area contributed by atoms with Crippen molar-refractivity contribution in [3.05, 3.63) is 102 Å². The van der Waals surface area contributed by atoms with Gasteiger partial charge in [0.25, 0.3) is 0 Å². The summed E-state index contributed by atoms with van der Waals surface area (Å²) in [4.78, 5) is 86.1. The molecule has 368 valence electrons. The Labute approximate surface area is 393 Å². The smallest absolute Gasteiger partial charge is 0.407 e. The molecule has 0 bridgehead atoms. The van der Waals surface area contributed by atoms with E-state index in [9.17, 15) is 33.6 Å². The summed E-state index contributed by atoms with van der Waals surface area (Å²) >= 11 is 0. The molecule has 1 heterocycles. The fourth-order valence-corrected chi connectivity index (χ4v) is 6.12. The van der Waals surface area contributed by atoms with Crippen molar-refractivity contribution >= 4 is 47.6 Å². The van der Waals surface area contributed by atoms with Gasteiger partial charge in [-0.3, -0.25) is 14.4 Å². The maximum atomic E-state index is 13.2. The topological polar surface area (TPSA) is 267 Å². The van der Waals surface area contributed by atoms with Crippen LogP contribution in [0.3, 0.4) is 0 Å². The summed E-state index contributed by atoms with van der Waals surface area (Å²) in [5.41, 5.74) is 6.64. The number of primary amides is 1. The molecular weight excluding hydrogens is 865 g/mol. The van der Waals surface area contributed by atoms with Crippen molar-refractivity contribution in [1.82, 2.24) is 31.9 Å². The lowest BCUT2D eigenvalue weighted by atomic mass is 9.86. The van der Waals surface area contributed by atoms with E-state index in [2.05, 4.69) is 37.2 Å². The number of cyclic esters (lactones) is 1. The zero-order chi connectivity index (χ0) is 49.6. The Morgan fingerprint density at radius 1 is 0.910 bits per heavy atom. The van der Waals surface area contributed by atoms with Crippen LogP contribution < -0.4 is 43.0 Å². The summed E-state index contributed by atoms with van der Waals surface area (Å²) in [6.07, 6.45) is 18.1. The summed E-state index contributed by atoms with van der Waals surface area (Å²) in [6.45, 7) is 10.1. The van der Waals surface area contributed by atoms with Gasteiger partial charge in [0.05, 0.1) is 13.2 Å². The number of hydrogen-bond acceptors (Lipinski definition) is 12. The van der Waals surface area contributed by atoms with Gasteiger partial charge in [0, 0.05) is 57.1 Å². The largest absolute Gasteiger partial charge is 0.490 e. The number of methoxy groups -OCH3 is 1. The molecule has 7 amide bonds. The molecule has 0 aromatic heterocycles. The van der Waals surface area contributed by atoms with Crippen molar-refractivity contribution < 1.29 is 52.5 Å². The second-order valence-electron chi connectivity index (χ2n) is 16.5. The van der Waals surface area contributed by atoms with Crippen molar-refractivity contribution in [2.75, 3.05) is 39.1 Å². The summed E-state index contributed by atoms with van der Waals surface area (Å²) in [5.74, 6) is -1.37. The maximum absolute atomic E-state index is 13.2. The quantitative estimate of drug-likeness (QED) is 0.0142. The third kappa shape index (κ3) is 24.3. The lowest BCUT2D eigenvalue weighted by Gasteiger charge is -2.29. The Balaban J connectivity index is 1.72. The Kier molecular flexibility index (Phi) is 26.1. The van der Waals surface area contributed by atoms with Crippen LogP contribution >= 0.6 is 0 Å².